The zero-order valence-electron chi connectivity index (χ0n) is 16.4. The standard InChI is InChI=1S/C18H21NO11S/c1-8-5-14(22)27-12-6-10(3-4-11(8)12)29-31(25,26)30-17-13(7-20)28-18(24)15(16(17)23)19-9(2)21/h3-6,13,15-18,20,23-24H,7H2,1-2H3,(H,19,21)/t13-,15-,16-,17+,18-/m1/s1. The van der Waals surface area contributed by atoms with E-state index in [1.165, 1.54) is 24.3 Å². The summed E-state index contributed by atoms with van der Waals surface area (Å²) in [7, 11) is -4.83. The molecule has 1 fully saturated rings. The van der Waals surface area contributed by atoms with Crippen molar-refractivity contribution in [2.75, 3.05) is 6.61 Å². The molecule has 2 heterocycles. The molecule has 0 aliphatic carbocycles. The second-order valence-corrected chi connectivity index (χ2v) is 8.10. The molecule has 0 bridgehead atoms. The highest BCUT2D eigenvalue weighted by atomic mass is 32.3. The molecular formula is C18H21NO11S. The topological polar surface area (TPSA) is 182 Å². The summed E-state index contributed by atoms with van der Waals surface area (Å²) < 4.78 is 44.7. The molecule has 2 aromatic rings. The number of fused-ring (bicyclic) bond motifs is 1. The number of carbonyl (C=O) groups excluding carboxylic acids is 1. The van der Waals surface area contributed by atoms with Gasteiger partial charge in [-0.1, -0.05) is 0 Å². The Morgan fingerprint density at radius 2 is 1.97 bits per heavy atom. The van der Waals surface area contributed by atoms with Crippen LogP contribution in [0.25, 0.3) is 11.0 Å². The third-order valence-corrected chi connectivity index (χ3v) is 5.45. The number of benzene rings is 1. The van der Waals surface area contributed by atoms with E-state index < -0.39 is 59.2 Å². The minimum atomic E-state index is -4.83. The van der Waals surface area contributed by atoms with Gasteiger partial charge < -0.3 is 34.0 Å². The molecule has 1 amide bonds. The molecular weight excluding hydrogens is 438 g/mol. The minimum absolute atomic E-state index is 0.0841. The number of hydrogen-bond donors (Lipinski definition) is 4. The van der Waals surface area contributed by atoms with Crippen molar-refractivity contribution in [3.8, 4) is 5.75 Å². The number of nitrogens with one attached hydrogen (secondary N) is 1. The lowest BCUT2D eigenvalue weighted by atomic mass is 9.97. The van der Waals surface area contributed by atoms with Gasteiger partial charge in [-0.25, -0.2) is 8.98 Å². The first kappa shape index (κ1) is 23.1. The van der Waals surface area contributed by atoms with Gasteiger partial charge in [0.2, 0.25) is 5.91 Å². The van der Waals surface area contributed by atoms with Crippen molar-refractivity contribution in [3.05, 3.63) is 40.2 Å². The Balaban J connectivity index is 1.83. The van der Waals surface area contributed by atoms with Gasteiger partial charge in [0.1, 0.15) is 35.7 Å². The predicted octanol–water partition coefficient (Wildman–Crippen LogP) is -1.31. The van der Waals surface area contributed by atoms with Crippen LogP contribution in [0.5, 0.6) is 5.75 Å². The van der Waals surface area contributed by atoms with Crippen molar-refractivity contribution in [2.24, 2.45) is 0 Å². The Hall–Kier alpha value is -2.55. The molecule has 12 nitrogen and oxygen atoms in total. The largest absolute Gasteiger partial charge is 0.449 e. The van der Waals surface area contributed by atoms with Crippen LogP contribution in [0, 0.1) is 6.92 Å². The van der Waals surface area contributed by atoms with E-state index >= 15 is 0 Å². The number of aliphatic hydroxyl groups is 3. The van der Waals surface area contributed by atoms with Crippen LogP contribution in [-0.4, -0.2) is 66.9 Å². The Bertz CT molecular complexity index is 1130. The highest BCUT2D eigenvalue weighted by molar-refractivity contribution is 7.82. The van der Waals surface area contributed by atoms with Crippen LogP contribution < -0.4 is 15.1 Å². The van der Waals surface area contributed by atoms with Gasteiger partial charge in [-0.15, -0.1) is 0 Å². The Labute approximate surface area is 176 Å². The highest BCUT2D eigenvalue weighted by Gasteiger charge is 2.48. The number of hydrogen-bond acceptors (Lipinski definition) is 11. The molecule has 31 heavy (non-hydrogen) atoms. The quantitative estimate of drug-likeness (QED) is 0.376. The maximum Gasteiger partial charge on any atom is 0.449 e. The maximum atomic E-state index is 12.4. The van der Waals surface area contributed by atoms with Crippen LogP contribution in [-0.2, 0) is 24.1 Å². The van der Waals surface area contributed by atoms with Crippen molar-refractivity contribution in [2.45, 2.75) is 44.5 Å². The molecule has 1 saturated heterocycles. The van der Waals surface area contributed by atoms with E-state index in [-0.39, 0.29) is 11.3 Å². The molecule has 1 aromatic heterocycles. The fraction of sp³-hybridized carbons (Fsp3) is 0.444. The second kappa shape index (κ2) is 8.90. The van der Waals surface area contributed by atoms with Gasteiger partial charge in [-0.3, -0.25) is 4.79 Å². The Morgan fingerprint density at radius 3 is 2.61 bits per heavy atom. The average molecular weight is 459 g/mol. The SMILES string of the molecule is CC(=O)N[C@@H]1[C@@H](O)[C@@H](OS(=O)(=O)Oc2ccc3c(C)cc(=O)oc3c2)[C@@H](CO)O[C@H]1O. The number of carbonyl (C=O) groups is 1. The fourth-order valence-corrected chi connectivity index (χ4v) is 4.11. The van der Waals surface area contributed by atoms with Gasteiger partial charge in [-0.05, 0) is 24.6 Å². The van der Waals surface area contributed by atoms with Gasteiger partial charge in [0.05, 0.1) is 6.61 Å². The summed E-state index contributed by atoms with van der Waals surface area (Å²) in [6.07, 6.45) is -6.63. The fourth-order valence-electron chi connectivity index (χ4n) is 3.22. The van der Waals surface area contributed by atoms with Crippen LogP contribution >= 0.6 is 0 Å². The highest BCUT2D eigenvalue weighted by Crippen LogP contribution is 2.27. The number of rotatable bonds is 6. The number of amides is 1. The molecule has 3 rings (SSSR count). The first-order valence-electron chi connectivity index (χ1n) is 9.07. The molecule has 170 valence electrons. The van der Waals surface area contributed by atoms with Gasteiger partial charge in [0.25, 0.3) is 0 Å². The van der Waals surface area contributed by atoms with Crippen LogP contribution in [0.2, 0.25) is 0 Å². The smallest absolute Gasteiger partial charge is 0.423 e. The molecule has 0 saturated carbocycles. The molecule has 1 aliphatic rings. The van der Waals surface area contributed by atoms with Gasteiger partial charge in [0.15, 0.2) is 6.29 Å². The number of aryl methyl sites for hydroxylation is 1. The summed E-state index contributed by atoms with van der Waals surface area (Å²) >= 11 is 0. The lowest BCUT2D eigenvalue weighted by molar-refractivity contribution is -0.248. The van der Waals surface area contributed by atoms with Gasteiger partial charge in [-0.2, -0.15) is 8.42 Å². The summed E-state index contributed by atoms with van der Waals surface area (Å²) in [5, 5.41) is 32.5. The second-order valence-electron chi connectivity index (χ2n) is 6.92. The molecule has 1 aliphatic heterocycles. The molecule has 0 unspecified atom stereocenters. The third kappa shape index (κ3) is 5.20. The Kier molecular flexibility index (Phi) is 6.64. The van der Waals surface area contributed by atoms with E-state index in [2.05, 4.69) is 5.32 Å². The van der Waals surface area contributed by atoms with E-state index in [0.717, 1.165) is 6.92 Å². The lowest BCUT2D eigenvalue weighted by Crippen LogP contribution is -2.65. The zero-order valence-corrected chi connectivity index (χ0v) is 17.2. The summed E-state index contributed by atoms with van der Waals surface area (Å²) in [5.74, 6) is -0.869. The van der Waals surface area contributed by atoms with Crippen LogP contribution in [0.1, 0.15) is 12.5 Å². The molecule has 5 atom stereocenters. The van der Waals surface area contributed by atoms with E-state index in [1.54, 1.807) is 6.92 Å². The van der Waals surface area contributed by atoms with Gasteiger partial charge in [0, 0.05) is 24.4 Å². The summed E-state index contributed by atoms with van der Waals surface area (Å²) in [6, 6.07) is 3.82. The first-order chi connectivity index (χ1) is 14.5. The van der Waals surface area contributed by atoms with Crippen LogP contribution in [0.4, 0.5) is 0 Å². The Morgan fingerprint density at radius 1 is 1.26 bits per heavy atom. The number of aliphatic hydroxyl groups excluding tert-OH is 3. The van der Waals surface area contributed by atoms with E-state index in [0.29, 0.717) is 10.9 Å². The lowest BCUT2D eigenvalue weighted by Gasteiger charge is -2.41. The van der Waals surface area contributed by atoms with Crippen molar-refractivity contribution < 1.29 is 46.1 Å². The maximum absolute atomic E-state index is 12.4. The molecule has 1 aromatic carbocycles. The van der Waals surface area contributed by atoms with E-state index in [4.69, 9.17) is 17.5 Å². The summed E-state index contributed by atoms with van der Waals surface area (Å²) in [6.45, 7) is 1.99. The molecule has 4 N–H and O–H groups in total. The molecule has 0 spiro atoms. The summed E-state index contributed by atoms with van der Waals surface area (Å²) in [4.78, 5) is 22.8. The van der Waals surface area contributed by atoms with Gasteiger partial charge >= 0.3 is 16.0 Å². The molecule has 13 heteroatoms. The third-order valence-electron chi connectivity index (χ3n) is 4.59. The minimum Gasteiger partial charge on any atom is -0.423 e. The van der Waals surface area contributed by atoms with Crippen molar-refractivity contribution in [3.63, 3.8) is 0 Å². The summed E-state index contributed by atoms with van der Waals surface area (Å²) in [5.41, 5.74) is 0.0747. The van der Waals surface area contributed by atoms with Crippen molar-refractivity contribution in [1.82, 2.24) is 5.32 Å². The van der Waals surface area contributed by atoms with E-state index in [1.807, 2.05) is 0 Å². The van der Waals surface area contributed by atoms with Crippen molar-refractivity contribution in [1.29, 1.82) is 0 Å². The van der Waals surface area contributed by atoms with Crippen LogP contribution in [0.15, 0.2) is 33.5 Å². The van der Waals surface area contributed by atoms with Crippen LogP contribution in [0.3, 0.4) is 0 Å². The number of ether oxygens (including phenoxy) is 1. The first-order valence-corrected chi connectivity index (χ1v) is 10.4. The zero-order chi connectivity index (χ0) is 22.9. The average Bonchev–Trinajstić information content (AvgIpc) is 2.66. The monoisotopic (exact) mass is 459 g/mol. The molecule has 0 radical (unpaired) electrons. The normalized spacial score (nSPS) is 26.5. The predicted molar refractivity (Wildman–Crippen MR) is 103 cm³/mol. The van der Waals surface area contributed by atoms with Crippen molar-refractivity contribution >= 4 is 27.3 Å². The van der Waals surface area contributed by atoms with E-state index in [9.17, 15) is 33.3 Å².